The van der Waals surface area contributed by atoms with Crippen LogP contribution in [0.25, 0.3) is 16.4 Å². The van der Waals surface area contributed by atoms with Gasteiger partial charge in [0.15, 0.2) is 5.82 Å². The van der Waals surface area contributed by atoms with Crippen molar-refractivity contribution < 1.29 is 9.13 Å². The Bertz CT molecular complexity index is 1450. The molecule has 4 aromatic rings. The van der Waals surface area contributed by atoms with Gasteiger partial charge in [-0.15, -0.1) is 0 Å². The van der Waals surface area contributed by atoms with Gasteiger partial charge >= 0.3 is 0 Å². The molecular formula is C24H25FN8O. The van der Waals surface area contributed by atoms with Crippen LogP contribution in [0.1, 0.15) is 24.4 Å². The van der Waals surface area contributed by atoms with Crippen LogP contribution < -0.4 is 15.5 Å². The fourth-order valence-electron chi connectivity index (χ4n) is 5.34. The van der Waals surface area contributed by atoms with Gasteiger partial charge in [-0.2, -0.15) is 15.5 Å². The van der Waals surface area contributed by atoms with Crippen molar-refractivity contribution in [1.29, 1.82) is 5.26 Å². The van der Waals surface area contributed by atoms with E-state index in [-0.39, 0.29) is 18.2 Å². The fourth-order valence-corrected chi connectivity index (χ4v) is 5.34. The minimum Gasteiger partial charge on any atom is -0.378 e. The number of benzene rings is 1. The Balaban J connectivity index is 1.38. The van der Waals surface area contributed by atoms with Crippen LogP contribution in [0.3, 0.4) is 0 Å². The molecule has 34 heavy (non-hydrogen) atoms. The molecule has 2 N–H and O–H groups in total. The van der Waals surface area contributed by atoms with Gasteiger partial charge < -0.3 is 20.3 Å². The number of rotatable bonds is 3. The third kappa shape index (κ3) is 3.04. The fraction of sp³-hybridized carbons (Fsp3) is 0.375. The molecule has 0 unspecified atom stereocenters. The first kappa shape index (κ1) is 20.9. The highest BCUT2D eigenvalue weighted by Crippen LogP contribution is 2.35. The third-order valence-electron chi connectivity index (χ3n) is 7.05. The normalized spacial score (nSPS) is 22.5. The maximum atomic E-state index is 14.7. The van der Waals surface area contributed by atoms with E-state index in [2.05, 4.69) is 50.8 Å². The smallest absolute Gasteiger partial charge is 0.171 e. The highest BCUT2D eigenvalue weighted by Gasteiger charge is 2.32. The van der Waals surface area contributed by atoms with Gasteiger partial charge in [0, 0.05) is 37.8 Å². The Kier molecular flexibility index (Phi) is 4.72. The maximum absolute atomic E-state index is 14.7. The van der Waals surface area contributed by atoms with Gasteiger partial charge in [-0.3, -0.25) is 4.68 Å². The lowest BCUT2D eigenvalue weighted by Gasteiger charge is -2.34. The molecule has 5 heterocycles. The number of hydrogen-bond acceptors (Lipinski definition) is 7. The summed E-state index contributed by atoms with van der Waals surface area (Å²) in [5, 5.41) is 19.4. The third-order valence-corrected chi connectivity index (χ3v) is 7.05. The van der Waals surface area contributed by atoms with Gasteiger partial charge in [-0.05, 0) is 37.3 Å². The number of nitrogens with zero attached hydrogens (tertiary/aromatic N) is 7. The summed E-state index contributed by atoms with van der Waals surface area (Å²) in [6, 6.07) is 12.0. The van der Waals surface area contributed by atoms with Crippen LogP contribution in [0, 0.1) is 17.1 Å². The summed E-state index contributed by atoms with van der Waals surface area (Å²) < 4.78 is 23.6. The molecule has 1 saturated heterocycles. The number of nitriles is 1. The van der Waals surface area contributed by atoms with E-state index in [1.165, 1.54) is 4.52 Å². The number of methoxy groups -OCH3 is 1. The maximum Gasteiger partial charge on any atom is 0.171 e. The lowest BCUT2D eigenvalue weighted by atomic mass is 10.1. The Hall–Kier alpha value is -3.68. The number of hydrogen-bond donors (Lipinski definition) is 1. The molecule has 3 aromatic heterocycles. The van der Waals surface area contributed by atoms with Crippen molar-refractivity contribution in [2.75, 3.05) is 36.5 Å². The van der Waals surface area contributed by atoms with E-state index in [0.29, 0.717) is 24.3 Å². The second-order valence-corrected chi connectivity index (χ2v) is 9.13. The van der Waals surface area contributed by atoms with Crippen molar-refractivity contribution >= 4 is 27.8 Å². The summed E-state index contributed by atoms with van der Waals surface area (Å²) in [6.07, 6.45) is 1.18. The van der Waals surface area contributed by atoms with Crippen molar-refractivity contribution in [3.05, 3.63) is 53.7 Å². The monoisotopic (exact) mass is 460 g/mol. The second-order valence-electron chi connectivity index (χ2n) is 9.13. The molecule has 6 rings (SSSR count). The molecule has 0 aliphatic carbocycles. The van der Waals surface area contributed by atoms with Crippen molar-refractivity contribution in [3.63, 3.8) is 0 Å². The lowest BCUT2D eigenvalue weighted by molar-refractivity contribution is 0.108. The average molecular weight is 461 g/mol. The first-order valence-electron chi connectivity index (χ1n) is 11.3. The number of halogens is 1. The first-order chi connectivity index (χ1) is 16.5. The minimum absolute atomic E-state index is 0.0160. The zero-order chi connectivity index (χ0) is 23.6. The molecule has 1 aromatic carbocycles. The van der Waals surface area contributed by atoms with Crippen molar-refractivity contribution in [3.8, 4) is 6.07 Å². The largest absolute Gasteiger partial charge is 0.378 e. The number of nitrogens with two attached hydrogens (primary N) is 1. The molecule has 0 radical (unpaired) electrons. The van der Waals surface area contributed by atoms with E-state index in [1.807, 2.05) is 0 Å². The van der Waals surface area contributed by atoms with Crippen LogP contribution in [0.15, 0.2) is 36.5 Å². The Morgan fingerprint density at radius 2 is 2.03 bits per heavy atom. The molecule has 2 aliphatic rings. The molecule has 9 nitrogen and oxygen atoms in total. The molecule has 2 aliphatic heterocycles. The van der Waals surface area contributed by atoms with Gasteiger partial charge in [-0.25, -0.2) is 8.91 Å². The molecule has 174 valence electrons. The predicted molar refractivity (Wildman–Crippen MR) is 126 cm³/mol. The number of ether oxygens (including phenoxy) is 1. The zero-order valence-corrected chi connectivity index (χ0v) is 19.0. The van der Waals surface area contributed by atoms with Crippen LogP contribution in [-0.2, 0) is 11.3 Å². The zero-order valence-electron chi connectivity index (χ0n) is 19.0. The molecule has 1 fully saturated rings. The summed E-state index contributed by atoms with van der Waals surface area (Å²) in [5.41, 5.74) is 10.6. The van der Waals surface area contributed by atoms with E-state index in [4.69, 9.17) is 15.6 Å². The second kappa shape index (κ2) is 7.68. The molecule has 3 atom stereocenters. The number of anilines is 2. The number of pyridine rings is 1. The number of fused-ring (bicyclic) bond motifs is 4. The SMILES string of the molecule is CO[C@@H]1CN(c2ccc3c4n(nc3c2)[C@H](C)CN(c2ccc(C#N)n3ncc(F)c23)C4)C[C@@H]1N. The Morgan fingerprint density at radius 1 is 1.18 bits per heavy atom. The molecule has 0 spiro atoms. The first-order valence-corrected chi connectivity index (χ1v) is 11.3. The highest BCUT2D eigenvalue weighted by atomic mass is 19.1. The number of aromatic nitrogens is 4. The minimum atomic E-state index is -0.438. The predicted octanol–water partition coefficient (Wildman–Crippen LogP) is 2.44. The van der Waals surface area contributed by atoms with Crippen LogP contribution >= 0.6 is 0 Å². The van der Waals surface area contributed by atoms with E-state index >= 15 is 0 Å². The summed E-state index contributed by atoms with van der Waals surface area (Å²) in [6.45, 7) is 4.85. The van der Waals surface area contributed by atoms with E-state index < -0.39 is 5.82 Å². The van der Waals surface area contributed by atoms with Gasteiger partial charge in [0.2, 0.25) is 0 Å². The molecule has 10 heteroatoms. The van der Waals surface area contributed by atoms with Crippen molar-refractivity contribution in [2.24, 2.45) is 5.73 Å². The highest BCUT2D eigenvalue weighted by molar-refractivity contribution is 5.86. The quantitative estimate of drug-likeness (QED) is 0.501. The molecule has 0 amide bonds. The Labute approximate surface area is 195 Å². The Morgan fingerprint density at radius 3 is 2.79 bits per heavy atom. The van der Waals surface area contributed by atoms with E-state index in [9.17, 15) is 9.65 Å². The summed E-state index contributed by atoms with van der Waals surface area (Å²) in [4.78, 5) is 4.38. The molecule has 0 bridgehead atoms. The topological polar surface area (TPSA) is 101 Å². The van der Waals surface area contributed by atoms with Gasteiger partial charge in [0.05, 0.1) is 47.8 Å². The molecule has 0 saturated carbocycles. The van der Waals surface area contributed by atoms with Gasteiger partial charge in [0.1, 0.15) is 17.3 Å². The van der Waals surface area contributed by atoms with Gasteiger partial charge in [0.25, 0.3) is 0 Å². The standard InChI is InChI=1S/C24H25FN8O/c1-14-10-31(21-6-4-16(8-26)33-24(21)18(25)9-28-33)12-22-17-5-3-15(7-20(17)29-32(14)22)30-11-19(27)23(13-30)34-2/h3-7,9,14,19,23H,10-13,27H2,1-2H3/t14-,19+,23-/m1/s1. The van der Waals surface area contributed by atoms with E-state index in [1.54, 1.807) is 19.2 Å². The van der Waals surface area contributed by atoms with Crippen LogP contribution in [-0.4, -0.2) is 58.3 Å². The van der Waals surface area contributed by atoms with Crippen LogP contribution in [0.5, 0.6) is 0 Å². The van der Waals surface area contributed by atoms with Crippen LogP contribution in [0.4, 0.5) is 15.8 Å². The van der Waals surface area contributed by atoms with Crippen LogP contribution in [0.2, 0.25) is 0 Å². The average Bonchev–Trinajstić information content (AvgIpc) is 3.53. The summed E-state index contributed by atoms with van der Waals surface area (Å²) in [7, 11) is 1.70. The van der Waals surface area contributed by atoms with Crippen molar-refractivity contribution in [1.82, 2.24) is 19.4 Å². The summed E-state index contributed by atoms with van der Waals surface area (Å²) >= 11 is 0. The summed E-state index contributed by atoms with van der Waals surface area (Å²) in [5.74, 6) is -0.438. The van der Waals surface area contributed by atoms with Crippen molar-refractivity contribution in [2.45, 2.75) is 31.7 Å². The molecular weight excluding hydrogens is 435 g/mol. The van der Waals surface area contributed by atoms with E-state index in [0.717, 1.165) is 47.3 Å². The lowest BCUT2D eigenvalue weighted by Crippen LogP contribution is -2.36. The van der Waals surface area contributed by atoms with Gasteiger partial charge in [-0.1, -0.05) is 0 Å².